The smallest absolute Gasteiger partial charge is 0.410 e. The van der Waals surface area contributed by atoms with Crippen molar-refractivity contribution in [3.63, 3.8) is 0 Å². The van der Waals surface area contributed by atoms with E-state index in [1.54, 1.807) is 55.3 Å². The topological polar surface area (TPSA) is 333 Å². The van der Waals surface area contributed by atoms with Crippen molar-refractivity contribution >= 4 is 152 Å². The number of hydrogen-bond donors (Lipinski definition) is 3. The quantitative estimate of drug-likeness (QED) is 0.0385. The van der Waals surface area contributed by atoms with Crippen LogP contribution in [0.5, 0.6) is 0 Å². The number of carbonyl (C=O) groups excluding carboxylic acids is 10. The first-order valence-electron chi connectivity index (χ1n) is 42.6. The van der Waals surface area contributed by atoms with E-state index in [2.05, 4.69) is 78.9 Å². The van der Waals surface area contributed by atoms with Gasteiger partial charge in [-0.05, 0) is 228 Å². The number of nitrogens with one attached hydrogen (secondary N) is 2. The third-order valence-electron chi connectivity index (χ3n) is 23.8. The van der Waals surface area contributed by atoms with Crippen LogP contribution < -0.4 is 25.3 Å². The van der Waals surface area contributed by atoms with Crippen molar-refractivity contribution in [1.82, 2.24) is 34.1 Å². The van der Waals surface area contributed by atoms with E-state index in [0.717, 1.165) is 131 Å². The van der Waals surface area contributed by atoms with E-state index < -0.39 is 33.4 Å². The summed E-state index contributed by atoms with van der Waals surface area (Å²) in [5.41, 5.74) is 8.06. The minimum atomic E-state index is -0.747. The van der Waals surface area contributed by atoms with Crippen LogP contribution in [0.25, 0.3) is 0 Å². The van der Waals surface area contributed by atoms with Gasteiger partial charge in [0.05, 0.1) is 55.0 Å². The van der Waals surface area contributed by atoms with Gasteiger partial charge in [0.1, 0.15) is 39.6 Å². The number of imidazole rings is 1. The first-order chi connectivity index (χ1) is 59.5. The van der Waals surface area contributed by atoms with Gasteiger partial charge >= 0.3 is 30.5 Å². The average molecular weight is 1980 g/mol. The standard InChI is InChI=1S/C26H33BrN4O4.C20H27BrN2O5.C16H19BrN2O4.C14H15BrN2O3.C14H16N2O3/c1-17(2)35-25(34)29-15-26(16-29)19-13-18(27)9-10-21(19)31(24(26)33)14-23-28-20-7-3-4-8-22(20)30(23)11-5-6-12-32;1-5-26-17(27-6-2)10-23-16-8-7-14(21)9-15(16)20(18(23)24)11-22(12-20)19(25)28-13(3)4;1-10(2)23-15(21)18-7-16(8-18)12-6-11(17)4-5-13(12)19(9-22-3)14(16)20;1-8(2)20-13(19)17-6-14(7-17)10-5-9(15)3-4-11(10)16-12(14)18;1-9(2)19-13(18)16-7-14(8-16)10-5-3-4-6-11(10)15-12(14)17/h9-10,13,17,32H,3-8,11-12,14-16H2,1-2H3;7-9,13,17H,5-6,10-12H2,1-4H3;4-6,10H,7-9H2,1-3H3;3-5,8H,6-7H2,1-2H3,(H,16,18);3-6,9H,7-8H2,1-2H3,(H,15,17). The predicted molar refractivity (Wildman–Crippen MR) is 480 cm³/mol. The Labute approximate surface area is 761 Å². The van der Waals surface area contributed by atoms with Crippen LogP contribution in [0.3, 0.4) is 0 Å². The Morgan fingerprint density at radius 2 is 0.808 bits per heavy atom. The number of aryl methyl sites for hydroxylation is 1. The second-order valence-corrected chi connectivity index (χ2v) is 38.2. The number of likely N-dealkylation sites (tertiary alicyclic amines) is 5. The SMILES string of the molecule is CC(C)OC(=O)N1CC2(C1)C(=O)N(Cc1nc3c(n1CCCCO)CCCC3)c1ccc(Br)cc12.CC(C)OC(=O)N1CC2(C1)C(=O)Nc1ccc(Br)cc12.CC(C)OC(=O)N1CC2(C1)C(=O)Nc1ccccc12.CCOC(CN1C(=O)C2(CN(C(=O)OC(C)C)C2)c2cc(Br)ccc21)OCC.COCN1C(=O)C2(CN(C(=O)OC(C)C)C2)c2cc(Br)ccc21. The number of aliphatic hydroxyl groups is 1. The number of fused-ring (bicyclic) bond motifs is 11. The zero-order valence-electron chi connectivity index (χ0n) is 72.7. The summed E-state index contributed by atoms with van der Waals surface area (Å²) in [4.78, 5) is 143. The number of methoxy groups -OCH3 is 1. The molecule has 0 bridgehead atoms. The van der Waals surface area contributed by atoms with Crippen LogP contribution in [0.4, 0.5) is 52.4 Å². The minimum Gasteiger partial charge on any atom is -0.447 e. The number of carbonyl (C=O) groups is 10. The van der Waals surface area contributed by atoms with Gasteiger partial charge in [0, 0.05) is 145 Å². The Bertz CT molecular complexity index is 5100. The van der Waals surface area contributed by atoms with E-state index in [4.69, 9.17) is 42.9 Å². The molecule has 5 spiro atoms. The highest BCUT2D eigenvalue weighted by molar-refractivity contribution is 9.11. The fraction of sp³-hybridized carbons (Fsp3) is 0.522. The number of unbranched alkanes of at least 4 members (excludes halogenated alkanes) is 1. The molecule has 672 valence electrons. The molecule has 10 amide bonds. The number of rotatable bonds is 19. The maximum Gasteiger partial charge on any atom is 0.410 e. The molecule has 5 fully saturated rings. The third-order valence-corrected chi connectivity index (χ3v) is 25.8. The van der Waals surface area contributed by atoms with Gasteiger partial charge in [-0.2, -0.15) is 0 Å². The van der Waals surface area contributed by atoms with Gasteiger partial charge < -0.3 is 92.5 Å². The van der Waals surface area contributed by atoms with Crippen LogP contribution in [-0.2, 0) is 115 Å². The molecule has 0 saturated carbocycles. The summed E-state index contributed by atoms with van der Waals surface area (Å²) >= 11 is 14.0. The number of hydrogen-bond acceptors (Lipinski definition) is 20. The second kappa shape index (κ2) is 38.4. The van der Waals surface area contributed by atoms with Crippen molar-refractivity contribution in [2.24, 2.45) is 0 Å². The van der Waals surface area contributed by atoms with Gasteiger partial charge in [0.15, 0.2) is 6.29 Å². The number of aliphatic hydroxyl groups excluding tert-OH is 1. The van der Waals surface area contributed by atoms with Gasteiger partial charge in [0.2, 0.25) is 29.5 Å². The van der Waals surface area contributed by atoms with Crippen molar-refractivity contribution in [1.29, 1.82) is 0 Å². The highest BCUT2D eigenvalue weighted by Crippen LogP contribution is 2.53. The molecule has 5 saturated heterocycles. The summed E-state index contributed by atoms with van der Waals surface area (Å²) in [7, 11) is 1.56. The van der Waals surface area contributed by atoms with Gasteiger partial charge in [-0.25, -0.2) is 29.0 Å². The summed E-state index contributed by atoms with van der Waals surface area (Å²) in [6, 6.07) is 30.9. The number of benzene rings is 5. The van der Waals surface area contributed by atoms with E-state index in [0.29, 0.717) is 91.8 Å². The lowest BCUT2D eigenvalue weighted by molar-refractivity contribution is -0.139. The molecule has 11 heterocycles. The summed E-state index contributed by atoms with van der Waals surface area (Å²) < 4.78 is 48.5. The van der Waals surface area contributed by atoms with E-state index in [1.807, 2.05) is 171 Å². The lowest BCUT2D eigenvalue weighted by Gasteiger charge is -2.46. The van der Waals surface area contributed by atoms with Crippen LogP contribution in [-0.4, -0.2) is 242 Å². The Morgan fingerprint density at radius 3 is 1.22 bits per heavy atom. The Kier molecular flexibility index (Phi) is 28.7. The number of halogens is 4. The first-order valence-corrected chi connectivity index (χ1v) is 45.7. The van der Waals surface area contributed by atoms with Crippen molar-refractivity contribution < 1.29 is 90.9 Å². The van der Waals surface area contributed by atoms with E-state index in [-0.39, 0.29) is 104 Å². The molecule has 3 N–H and O–H groups in total. The number of amides is 10. The molecule has 0 atom stereocenters. The molecule has 1 aromatic heterocycles. The van der Waals surface area contributed by atoms with Crippen molar-refractivity contribution in [2.75, 3.05) is 131 Å². The maximum absolute atomic E-state index is 13.9. The molecule has 31 nitrogen and oxygen atoms in total. The lowest BCUT2D eigenvalue weighted by Crippen LogP contribution is -2.65. The molecular weight excluding hydrogens is 1870 g/mol. The van der Waals surface area contributed by atoms with Crippen molar-refractivity contribution in [3.8, 4) is 0 Å². The fourth-order valence-corrected chi connectivity index (χ4v) is 19.5. The van der Waals surface area contributed by atoms with E-state index in [1.165, 1.54) is 5.69 Å². The molecule has 1 aliphatic carbocycles. The average Bonchev–Trinajstić information content (AvgIpc) is 1.55. The van der Waals surface area contributed by atoms with Gasteiger partial charge in [-0.3, -0.25) is 28.9 Å². The molecule has 5 aromatic carbocycles. The van der Waals surface area contributed by atoms with E-state index >= 15 is 0 Å². The molecule has 0 unspecified atom stereocenters. The number of ether oxygens (including phenoxy) is 8. The monoisotopic (exact) mass is 1980 g/mol. The summed E-state index contributed by atoms with van der Waals surface area (Å²) in [6.45, 7) is 28.2. The van der Waals surface area contributed by atoms with Crippen LogP contribution in [0.15, 0.2) is 115 Å². The number of anilines is 5. The summed E-state index contributed by atoms with van der Waals surface area (Å²) in [6.07, 6.45) is 2.70. The van der Waals surface area contributed by atoms with Gasteiger partial charge in [-0.15, -0.1) is 0 Å². The number of nitrogens with zero attached hydrogens (tertiary/aromatic N) is 10. The van der Waals surface area contributed by atoms with Crippen LogP contribution in [0.1, 0.15) is 154 Å². The number of aromatic nitrogens is 2. The Balaban J connectivity index is 0.000000137. The van der Waals surface area contributed by atoms with Crippen LogP contribution in [0.2, 0.25) is 0 Å². The highest BCUT2D eigenvalue weighted by Gasteiger charge is 2.64. The third kappa shape index (κ3) is 18.5. The zero-order chi connectivity index (χ0) is 90.1. The normalized spacial score (nSPS) is 18.3. The highest BCUT2D eigenvalue weighted by atomic mass is 79.9. The second-order valence-electron chi connectivity index (χ2n) is 34.5. The van der Waals surface area contributed by atoms with Gasteiger partial charge in [0.25, 0.3) is 0 Å². The van der Waals surface area contributed by atoms with Crippen molar-refractivity contribution in [3.05, 3.63) is 160 Å². The molecule has 125 heavy (non-hydrogen) atoms. The van der Waals surface area contributed by atoms with Gasteiger partial charge in [-0.1, -0.05) is 81.9 Å². The van der Waals surface area contributed by atoms with E-state index in [9.17, 15) is 53.1 Å². The Morgan fingerprint density at radius 1 is 0.448 bits per heavy atom. The zero-order valence-corrected chi connectivity index (χ0v) is 79.1. The van der Waals surface area contributed by atoms with Crippen LogP contribution >= 0.6 is 63.7 Å². The summed E-state index contributed by atoms with van der Waals surface area (Å²) in [5, 5.41) is 15.0. The molecule has 11 aliphatic rings. The minimum absolute atomic E-state index is 0.0158. The number of para-hydroxylation sites is 1. The maximum atomic E-state index is 13.9. The first kappa shape index (κ1) is 93.4. The molecule has 17 rings (SSSR count). The fourth-order valence-electron chi connectivity index (χ4n) is 18.0. The molecule has 0 radical (unpaired) electrons. The van der Waals surface area contributed by atoms with Crippen LogP contribution in [0, 0.1) is 0 Å². The largest absolute Gasteiger partial charge is 0.447 e. The summed E-state index contributed by atoms with van der Waals surface area (Å²) in [5.74, 6) is 0.799. The Hall–Kier alpha value is -9.23. The lowest BCUT2D eigenvalue weighted by atomic mass is 9.75. The molecular formula is C90H110Br4N12O19. The molecule has 35 heteroatoms. The predicted octanol–water partition coefficient (Wildman–Crippen LogP) is 14.0. The van der Waals surface area contributed by atoms with Crippen molar-refractivity contribution in [2.45, 2.75) is 199 Å². The molecule has 6 aromatic rings. The molecule has 10 aliphatic heterocycles.